The molecule has 2 atom stereocenters. The van der Waals surface area contributed by atoms with E-state index in [0.717, 1.165) is 12.8 Å². The van der Waals surface area contributed by atoms with Gasteiger partial charge in [-0.05, 0) is 45.7 Å². The summed E-state index contributed by atoms with van der Waals surface area (Å²) in [5, 5.41) is 2.97. The van der Waals surface area contributed by atoms with Crippen LogP contribution in [0, 0.1) is 0 Å². The second kappa shape index (κ2) is 7.43. The Morgan fingerprint density at radius 1 is 1.23 bits per heavy atom. The first-order chi connectivity index (χ1) is 12.3. The number of para-hydroxylation sites is 2. The second-order valence-corrected chi connectivity index (χ2v) is 7.64. The number of nitrogens with zero attached hydrogens (tertiary/aromatic N) is 1. The third kappa shape index (κ3) is 4.59. The molecule has 1 aromatic carbocycles. The quantitative estimate of drug-likeness (QED) is 0.874. The fraction of sp³-hybridized carbons (Fsp3) is 0.579. The molecule has 3 rings (SSSR count). The van der Waals surface area contributed by atoms with Crippen molar-refractivity contribution >= 4 is 12.0 Å². The number of hydrogen-bond acceptors (Lipinski definition) is 5. The molecule has 142 valence electrons. The van der Waals surface area contributed by atoms with Crippen molar-refractivity contribution in [2.45, 2.75) is 51.4 Å². The molecule has 0 aromatic heterocycles. The Morgan fingerprint density at radius 2 is 1.96 bits per heavy atom. The lowest BCUT2D eigenvalue weighted by molar-refractivity contribution is -0.131. The predicted octanol–water partition coefficient (Wildman–Crippen LogP) is 2.34. The third-order valence-electron chi connectivity index (χ3n) is 4.22. The van der Waals surface area contributed by atoms with Crippen LogP contribution >= 0.6 is 0 Å². The molecule has 26 heavy (non-hydrogen) atoms. The zero-order valence-electron chi connectivity index (χ0n) is 15.5. The maximum Gasteiger partial charge on any atom is 0.410 e. The normalized spacial score (nSPS) is 22.5. The van der Waals surface area contributed by atoms with Crippen molar-refractivity contribution in [3.63, 3.8) is 0 Å². The van der Waals surface area contributed by atoms with Crippen LogP contribution in [0.25, 0.3) is 0 Å². The van der Waals surface area contributed by atoms with Gasteiger partial charge in [0.15, 0.2) is 11.5 Å². The summed E-state index contributed by atoms with van der Waals surface area (Å²) in [6.07, 6.45) is 0.592. The lowest BCUT2D eigenvalue weighted by Gasteiger charge is -2.35. The fourth-order valence-electron chi connectivity index (χ4n) is 3.03. The molecule has 2 aliphatic rings. The van der Waals surface area contributed by atoms with Crippen LogP contribution in [0.1, 0.15) is 33.6 Å². The van der Waals surface area contributed by atoms with Gasteiger partial charge in [0.25, 0.3) is 5.91 Å². The van der Waals surface area contributed by atoms with Gasteiger partial charge in [0.05, 0.1) is 0 Å². The van der Waals surface area contributed by atoms with E-state index in [9.17, 15) is 9.59 Å². The molecule has 2 aliphatic heterocycles. The van der Waals surface area contributed by atoms with Crippen LogP contribution in [0.15, 0.2) is 24.3 Å². The van der Waals surface area contributed by atoms with E-state index >= 15 is 0 Å². The molecule has 1 N–H and O–H groups in total. The molecule has 0 aliphatic carbocycles. The molecule has 1 fully saturated rings. The molecule has 1 aromatic rings. The van der Waals surface area contributed by atoms with E-state index in [1.165, 1.54) is 0 Å². The average Bonchev–Trinajstić information content (AvgIpc) is 2.60. The number of carbonyl (C=O) groups is 2. The highest BCUT2D eigenvalue weighted by atomic mass is 16.6. The van der Waals surface area contributed by atoms with Crippen LogP contribution in [0.2, 0.25) is 0 Å². The Hall–Kier alpha value is -2.44. The summed E-state index contributed by atoms with van der Waals surface area (Å²) < 4.78 is 16.7. The Morgan fingerprint density at radius 3 is 2.69 bits per heavy atom. The minimum atomic E-state index is -0.693. The van der Waals surface area contributed by atoms with Gasteiger partial charge in [0, 0.05) is 19.1 Å². The summed E-state index contributed by atoms with van der Waals surface area (Å²) >= 11 is 0. The first kappa shape index (κ1) is 18.4. The zero-order chi connectivity index (χ0) is 18.7. The van der Waals surface area contributed by atoms with Crippen LogP contribution in [0.4, 0.5) is 4.79 Å². The number of rotatable bonds is 2. The van der Waals surface area contributed by atoms with E-state index in [0.29, 0.717) is 24.6 Å². The highest BCUT2D eigenvalue weighted by Crippen LogP contribution is 2.31. The minimum Gasteiger partial charge on any atom is -0.485 e. The lowest BCUT2D eigenvalue weighted by atomic mass is 10.1. The summed E-state index contributed by atoms with van der Waals surface area (Å²) in [6, 6.07) is 7.16. The van der Waals surface area contributed by atoms with Gasteiger partial charge in [0.1, 0.15) is 12.2 Å². The van der Waals surface area contributed by atoms with Crippen molar-refractivity contribution < 1.29 is 23.8 Å². The van der Waals surface area contributed by atoms with Crippen LogP contribution < -0.4 is 14.8 Å². The Balaban J connectivity index is 1.54. The van der Waals surface area contributed by atoms with Crippen molar-refractivity contribution in [2.75, 3.05) is 19.7 Å². The molecule has 0 spiro atoms. The highest BCUT2D eigenvalue weighted by Gasteiger charge is 2.32. The number of likely N-dealkylation sites (tertiary alicyclic amines) is 1. The zero-order valence-corrected chi connectivity index (χ0v) is 15.5. The van der Waals surface area contributed by atoms with Gasteiger partial charge in [-0.15, -0.1) is 0 Å². The number of carbonyl (C=O) groups excluding carboxylic acids is 2. The summed E-state index contributed by atoms with van der Waals surface area (Å²) in [6.45, 7) is 6.76. The number of nitrogens with one attached hydrogen (secondary N) is 1. The number of ether oxygens (including phenoxy) is 3. The minimum absolute atomic E-state index is 0.121. The van der Waals surface area contributed by atoms with E-state index in [1.54, 1.807) is 11.0 Å². The van der Waals surface area contributed by atoms with Crippen LogP contribution in [0.5, 0.6) is 11.5 Å². The van der Waals surface area contributed by atoms with E-state index < -0.39 is 11.7 Å². The SMILES string of the molecule is CC(C)(C)OC(=O)N1CCC[C@@H](NC(=O)[C@@H]2COc3ccccc3O2)C1. The van der Waals surface area contributed by atoms with E-state index in [1.807, 2.05) is 39.0 Å². The first-order valence-electron chi connectivity index (χ1n) is 8.98. The van der Waals surface area contributed by atoms with Gasteiger partial charge in [0.2, 0.25) is 6.10 Å². The number of piperidine rings is 1. The summed E-state index contributed by atoms with van der Waals surface area (Å²) in [5.74, 6) is 0.985. The predicted molar refractivity (Wildman–Crippen MR) is 95.3 cm³/mol. The Bertz CT molecular complexity index is 670. The summed E-state index contributed by atoms with van der Waals surface area (Å²) in [7, 11) is 0. The smallest absolute Gasteiger partial charge is 0.410 e. The Labute approximate surface area is 153 Å². The van der Waals surface area contributed by atoms with Crippen molar-refractivity contribution in [3.8, 4) is 11.5 Å². The molecule has 2 amide bonds. The molecule has 7 heteroatoms. The van der Waals surface area contributed by atoms with Crippen molar-refractivity contribution in [3.05, 3.63) is 24.3 Å². The molecule has 1 saturated heterocycles. The molecule has 0 saturated carbocycles. The molecule has 0 bridgehead atoms. The van der Waals surface area contributed by atoms with Gasteiger partial charge in [-0.2, -0.15) is 0 Å². The van der Waals surface area contributed by atoms with Crippen LogP contribution in [0.3, 0.4) is 0 Å². The van der Waals surface area contributed by atoms with Gasteiger partial charge >= 0.3 is 6.09 Å². The first-order valence-corrected chi connectivity index (χ1v) is 8.98. The maximum atomic E-state index is 12.5. The molecule has 7 nitrogen and oxygen atoms in total. The largest absolute Gasteiger partial charge is 0.485 e. The van der Waals surface area contributed by atoms with Crippen LogP contribution in [-0.2, 0) is 9.53 Å². The molecule has 2 heterocycles. The Kier molecular flexibility index (Phi) is 5.25. The molecule has 0 unspecified atom stereocenters. The number of benzene rings is 1. The monoisotopic (exact) mass is 362 g/mol. The van der Waals surface area contributed by atoms with E-state index in [2.05, 4.69) is 5.32 Å². The van der Waals surface area contributed by atoms with E-state index in [-0.39, 0.29) is 24.6 Å². The second-order valence-electron chi connectivity index (χ2n) is 7.64. The topological polar surface area (TPSA) is 77.1 Å². The summed E-state index contributed by atoms with van der Waals surface area (Å²) in [4.78, 5) is 26.4. The average molecular weight is 362 g/mol. The van der Waals surface area contributed by atoms with Gasteiger partial charge < -0.3 is 24.4 Å². The molecular weight excluding hydrogens is 336 g/mol. The van der Waals surface area contributed by atoms with Crippen molar-refractivity contribution in [2.24, 2.45) is 0 Å². The number of amides is 2. The number of fused-ring (bicyclic) bond motifs is 1. The molecule has 0 radical (unpaired) electrons. The van der Waals surface area contributed by atoms with Crippen LogP contribution in [-0.4, -0.2) is 54.3 Å². The lowest BCUT2D eigenvalue weighted by Crippen LogP contribution is -2.54. The fourth-order valence-corrected chi connectivity index (χ4v) is 3.03. The van der Waals surface area contributed by atoms with Gasteiger partial charge in [-0.1, -0.05) is 12.1 Å². The molecular formula is C19H26N2O5. The third-order valence-corrected chi connectivity index (χ3v) is 4.22. The van der Waals surface area contributed by atoms with E-state index in [4.69, 9.17) is 14.2 Å². The van der Waals surface area contributed by atoms with Gasteiger partial charge in [-0.3, -0.25) is 4.79 Å². The van der Waals surface area contributed by atoms with Crippen molar-refractivity contribution in [1.82, 2.24) is 10.2 Å². The number of hydrogen-bond donors (Lipinski definition) is 1. The standard InChI is InChI=1S/C19H26N2O5/c1-19(2,3)26-18(23)21-10-6-7-13(11-21)20-17(22)16-12-24-14-8-4-5-9-15(14)25-16/h4-5,8-9,13,16H,6-7,10-12H2,1-3H3,(H,20,22)/t13-,16+/m1/s1. The highest BCUT2D eigenvalue weighted by molar-refractivity contribution is 5.82. The summed E-state index contributed by atoms with van der Waals surface area (Å²) in [5.41, 5.74) is -0.534. The maximum absolute atomic E-state index is 12.5. The van der Waals surface area contributed by atoms with Gasteiger partial charge in [-0.25, -0.2) is 4.79 Å². The van der Waals surface area contributed by atoms with Crippen molar-refractivity contribution in [1.29, 1.82) is 0 Å².